The summed E-state index contributed by atoms with van der Waals surface area (Å²) in [7, 11) is 0. The molecule has 0 radical (unpaired) electrons. The van der Waals surface area contributed by atoms with Crippen LogP contribution < -0.4 is 0 Å². The maximum Gasteiger partial charge on any atom is 0.274 e. The zero-order valence-electron chi connectivity index (χ0n) is 15.2. The largest absolute Gasteiger partial charge is 0.330 e. The highest BCUT2D eigenvalue weighted by Gasteiger charge is 2.33. The lowest BCUT2D eigenvalue weighted by atomic mass is 10.0. The van der Waals surface area contributed by atoms with Gasteiger partial charge < -0.3 is 4.90 Å². The maximum atomic E-state index is 13.1. The summed E-state index contributed by atoms with van der Waals surface area (Å²) in [5.74, 6) is 0.483. The van der Waals surface area contributed by atoms with E-state index < -0.39 is 0 Å². The van der Waals surface area contributed by atoms with Gasteiger partial charge in [0, 0.05) is 12.6 Å². The third kappa shape index (κ3) is 3.45. The first kappa shape index (κ1) is 16.7. The van der Waals surface area contributed by atoms with Gasteiger partial charge in [-0.05, 0) is 42.0 Å². The van der Waals surface area contributed by atoms with Crippen LogP contribution in [0.25, 0.3) is 11.0 Å². The first-order valence-corrected chi connectivity index (χ1v) is 9.23. The number of hydrogen-bond donors (Lipinski definition) is 0. The fraction of sp³-hybridized carbons (Fsp3) is 0.318. The summed E-state index contributed by atoms with van der Waals surface area (Å²) >= 11 is 0. The van der Waals surface area contributed by atoms with E-state index in [1.165, 1.54) is 5.56 Å². The Morgan fingerprint density at radius 3 is 2.42 bits per heavy atom. The van der Waals surface area contributed by atoms with Crippen molar-refractivity contribution in [2.45, 2.75) is 45.2 Å². The van der Waals surface area contributed by atoms with E-state index in [0.717, 1.165) is 29.4 Å². The molecule has 3 aromatic rings. The van der Waals surface area contributed by atoms with E-state index in [-0.39, 0.29) is 5.91 Å². The van der Waals surface area contributed by atoms with Crippen LogP contribution in [-0.2, 0) is 6.54 Å². The molecule has 0 unspecified atom stereocenters. The van der Waals surface area contributed by atoms with Crippen LogP contribution >= 0.6 is 0 Å². The van der Waals surface area contributed by atoms with Gasteiger partial charge in [0.15, 0.2) is 0 Å². The predicted octanol–water partition coefficient (Wildman–Crippen LogP) is 4.56. The standard InChI is InChI=1S/C22H23N3O/c1-15(2)17-9-7-16(8-10-17)14-25(18-11-12-18)22(26)21-13-23-19-5-3-4-6-20(19)24-21/h3-10,13,15,18H,11-12,14H2,1-2H3. The molecular weight excluding hydrogens is 322 g/mol. The fourth-order valence-corrected chi connectivity index (χ4v) is 3.16. The van der Waals surface area contributed by atoms with Gasteiger partial charge in [0.25, 0.3) is 5.91 Å². The van der Waals surface area contributed by atoms with Crippen molar-refractivity contribution in [2.75, 3.05) is 0 Å². The number of carbonyl (C=O) groups excluding carboxylic acids is 1. The summed E-state index contributed by atoms with van der Waals surface area (Å²) in [4.78, 5) is 23.9. The summed E-state index contributed by atoms with van der Waals surface area (Å²) in [6.45, 7) is 5.00. The average molecular weight is 345 g/mol. The molecule has 1 saturated carbocycles. The normalized spacial score (nSPS) is 14.0. The Morgan fingerprint density at radius 2 is 1.77 bits per heavy atom. The van der Waals surface area contributed by atoms with Crippen molar-refractivity contribution in [1.82, 2.24) is 14.9 Å². The quantitative estimate of drug-likeness (QED) is 0.681. The fourth-order valence-electron chi connectivity index (χ4n) is 3.16. The lowest BCUT2D eigenvalue weighted by Gasteiger charge is -2.22. The highest BCUT2D eigenvalue weighted by molar-refractivity contribution is 5.94. The Kier molecular flexibility index (Phi) is 4.41. The van der Waals surface area contributed by atoms with Gasteiger partial charge in [-0.15, -0.1) is 0 Å². The van der Waals surface area contributed by atoms with E-state index in [0.29, 0.717) is 24.2 Å². The minimum absolute atomic E-state index is 0.0290. The zero-order chi connectivity index (χ0) is 18.1. The molecule has 1 aromatic heterocycles. The van der Waals surface area contributed by atoms with Gasteiger partial charge in [-0.3, -0.25) is 9.78 Å². The molecule has 0 saturated heterocycles. The third-order valence-corrected chi connectivity index (χ3v) is 4.92. The van der Waals surface area contributed by atoms with Gasteiger partial charge in [0.2, 0.25) is 0 Å². The smallest absolute Gasteiger partial charge is 0.274 e. The Balaban J connectivity index is 1.58. The van der Waals surface area contributed by atoms with Crippen LogP contribution in [0.4, 0.5) is 0 Å². The number of hydrogen-bond acceptors (Lipinski definition) is 3. The predicted molar refractivity (Wildman–Crippen MR) is 103 cm³/mol. The maximum absolute atomic E-state index is 13.1. The Hall–Kier alpha value is -2.75. The minimum atomic E-state index is -0.0290. The van der Waals surface area contributed by atoms with E-state index in [1.54, 1.807) is 6.20 Å². The van der Waals surface area contributed by atoms with Crippen LogP contribution in [0.2, 0.25) is 0 Å². The highest BCUT2D eigenvalue weighted by Crippen LogP contribution is 2.30. The van der Waals surface area contributed by atoms with Gasteiger partial charge in [-0.2, -0.15) is 0 Å². The zero-order valence-corrected chi connectivity index (χ0v) is 15.2. The van der Waals surface area contributed by atoms with Crippen LogP contribution in [0, 0.1) is 0 Å². The van der Waals surface area contributed by atoms with Crippen molar-refractivity contribution in [3.05, 3.63) is 71.5 Å². The lowest BCUT2D eigenvalue weighted by molar-refractivity contribution is 0.0724. The first-order valence-electron chi connectivity index (χ1n) is 9.23. The first-order chi connectivity index (χ1) is 12.6. The second kappa shape index (κ2) is 6.87. The second-order valence-corrected chi connectivity index (χ2v) is 7.30. The SMILES string of the molecule is CC(C)c1ccc(CN(C(=O)c2cnc3ccccc3n2)C2CC2)cc1. The van der Waals surface area contributed by atoms with Gasteiger partial charge in [0.05, 0.1) is 17.2 Å². The molecule has 26 heavy (non-hydrogen) atoms. The van der Waals surface area contributed by atoms with Crippen LogP contribution in [0.15, 0.2) is 54.7 Å². The molecule has 0 spiro atoms. The Bertz CT molecular complexity index is 930. The molecule has 0 aliphatic heterocycles. The number of benzene rings is 2. The highest BCUT2D eigenvalue weighted by atomic mass is 16.2. The Labute approximate surface area is 153 Å². The minimum Gasteiger partial charge on any atom is -0.330 e. The van der Waals surface area contributed by atoms with E-state index >= 15 is 0 Å². The molecule has 1 amide bonds. The summed E-state index contributed by atoms with van der Waals surface area (Å²) in [6, 6.07) is 16.5. The van der Waals surface area contributed by atoms with E-state index in [2.05, 4.69) is 48.1 Å². The van der Waals surface area contributed by atoms with Crippen LogP contribution in [0.1, 0.15) is 54.2 Å². The molecule has 1 fully saturated rings. The molecule has 0 bridgehead atoms. The second-order valence-electron chi connectivity index (χ2n) is 7.30. The van der Waals surface area contributed by atoms with Crippen molar-refractivity contribution < 1.29 is 4.79 Å². The summed E-state index contributed by atoms with van der Waals surface area (Å²) < 4.78 is 0. The van der Waals surface area contributed by atoms with Crippen LogP contribution in [-0.4, -0.2) is 26.8 Å². The number of fused-ring (bicyclic) bond motifs is 1. The summed E-state index contributed by atoms with van der Waals surface area (Å²) in [6.07, 6.45) is 3.73. The van der Waals surface area contributed by atoms with Gasteiger partial charge in [0.1, 0.15) is 5.69 Å². The van der Waals surface area contributed by atoms with Gasteiger partial charge in [-0.25, -0.2) is 4.98 Å². The summed E-state index contributed by atoms with van der Waals surface area (Å²) in [5.41, 5.74) is 4.47. The third-order valence-electron chi connectivity index (χ3n) is 4.92. The molecule has 4 rings (SSSR count). The molecule has 4 heteroatoms. The molecule has 0 N–H and O–H groups in total. The van der Waals surface area contributed by atoms with Gasteiger partial charge >= 0.3 is 0 Å². The van der Waals surface area contributed by atoms with Crippen LogP contribution in [0.5, 0.6) is 0 Å². The van der Waals surface area contributed by atoms with Crippen molar-refractivity contribution >= 4 is 16.9 Å². The summed E-state index contributed by atoms with van der Waals surface area (Å²) in [5, 5.41) is 0. The van der Waals surface area contributed by atoms with Crippen molar-refractivity contribution in [3.8, 4) is 0 Å². The molecule has 132 valence electrons. The number of amides is 1. The lowest BCUT2D eigenvalue weighted by Crippen LogP contribution is -2.33. The molecule has 2 aromatic carbocycles. The average Bonchev–Trinajstić information content (AvgIpc) is 3.50. The van der Waals surface area contributed by atoms with Crippen molar-refractivity contribution in [3.63, 3.8) is 0 Å². The van der Waals surface area contributed by atoms with Crippen molar-refractivity contribution in [1.29, 1.82) is 0 Å². The Morgan fingerprint density at radius 1 is 1.08 bits per heavy atom. The van der Waals surface area contributed by atoms with E-state index in [1.807, 2.05) is 29.2 Å². The van der Waals surface area contributed by atoms with Crippen molar-refractivity contribution in [2.24, 2.45) is 0 Å². The van der Waals surface area contributed by atoms with Gasteiger partial charge in [-0.1, -0.05) is 50.2 Å². The molecule has 1 heterocycles. The number of rotatable bonds is 5. The molecular formula is C22H23N3O. The monoisotopic (exact) mass is 345 g/mol. The number of aromatic nitrogens is 2. The number of nitrogens with zero attached hydrogens (tertiary/aromatic N) is 3. The number of para-hydroxylation sites is 2. The van der Waals surface area contributed by atoms with Crippen LogP contribution in [0.3, 0.4) is 0 Å². The molecule has 1 aliphatic rings. The van der Waals surface area contributed by atoms with E-state index in [9.17, 15) is 4.79 Å². The molecule has 4 nitrogen and oxygen atoms in total. The van der Waals surface area contributed by atoms with E-state index in [4.69, 9.17) is 0 Å². The topological polar surface area (TPSA) is 46.1 Å². The molecule has 1 aliphatic carbocycles. The number of carbonyl (C=O) groups is 1. The molecule has 0 atom stereocenters.